The van der Waals surface area contributed by atoms with Crippen molar-refractivity contribution in [2.45, 2.75) is 38.8 Å². The van der Waals surface area contributed by atoms with Crippen molar-refractivity contribution in [2.75, 3.05) is 76.4 Å². The number of nitrogens with one attached hydrogen (secondary N) is 1. The van der Waals surface area contributed by atoms with Crippen molar-refractivity contribution in [2.24, 2.45) is 5.41 Å². The van der Waals surface area contributed by atoms with Gasteiger partial charge in [-0.05, 0) is 31.9 Å². The fourth-order valence-corrected chi connectivity index (χ4v) is 6.52. The second-order valence-corrected chi connectivity index (χ2v) is 12.7. The quantitative estimate of drug-likeness (QED) is 0.124. The van der Waals surface area contributed by atoms with E-state index in [1.165, 1.54) is 0 Å². The van der Waals surface area contributed by atoms with Crippen LogP contribution in [0.15, 0.2) is 30.7 Å². The molecule has 2 fully saturated rings. The molecule has 4 aromatic rings. The van der Waals surface area contributed by atoms with E-state index < -0.39 is 17.7 Å². The second-order valence-electron chi connectivity index (χ2n) is 12.7. The smallest absolute Gasteiger partial charge is 0.417 e. The van der Waals surface area contributed by atoms with Crippen LogP contribution in [-0.4, -0.2) is 107 Å². The highest BCUT2D eigenvalue weighted by atomic mass is 19.4. The first kappa shape index (κ1) is 34.4. The van der Waals surface area contributed by atoms with Gasteiger partial charge in [-0.3, -0.25) is 9.69 Å². The van der Waals surface area contributed by atoms with E-state index in [4.69, 9.17) is 9.47 Å². The van der Waals surface area contributed by atoms with Crippen LogP contribution in [0.2, 0.25) is 0 Å². The van der Waals surface area contributed by atoms with Crippen molar-refractivity contribution < 1.29 is 31.8 Å². The molecule has 1 aliphatic heterocycles. The van der Waals surface area contributed by atoms with Crippen LogP contribution in [0.3, 0.4) is 0 Å². The molecule has 2 aliphatic rings. The first-order valence-electron chi connectivity index (χ1n) is 16.3. The summed E-state index contributed by atoms with van der Waals surface area (Å²) in [4.78, 5) is 43.0. The molecule has 0 spiro atoms. The number of rotatable bonds is 12. The molecule has 262 valence electrons. The van der Waals surface area contributed by atoms with Crippen LogP contribution >= 0.6 is 0 Å². The van der Waals surface area contributed by atoms with Crippen LogP contribution in [0.1, 0.15) is 38.2 Å². The molecule has 0 bridgehead atoms. The molecule has 0 aromatic carbocycles. The van der Waals surface area contributed by atoms with Crippen LogP contribution in [0, 0.1) is 11.4 Å². The van der Waals surface area contributed by atoms with E-state index in [0.717, 1.165) is 51.5 Å². The number of pyridine rings is 2. The number of anilines is 2. The highest BCUT2D eigenvalue weighted by Crippen LogP contribution is 2.43. The van der Waals surface area contributed by atoms with Crippen molar-refractivity contribution in [3.8, 4) is 22.8 Å². The Balaban J connectivity index is 1.28. The highest BCUT2D eigenvalue weighted by molar-refractivity contribution is 5.91. The van der Waals surface area contributed by atoms with E-state index in [9.17, 15) is 22.4 Å². The molecule has 0 atom stereocenters. The zero-order valence-corrected chi connectivity index (χ0v) is 27.7. The molecule has 4 aromatic heterocycles. The number of aromatic amines is 1. The number of piperazine rings is 1. The SMILES string of the molecule is CCOC(=O)CCN1CCN(c2cnc(-c3nc4nc(-c5cc(C(F)(F)F)cnc5F)cc(N(C)CC5(COC)CCC5)c4[nH]3)cn2)CC1. The minimum Gasteiger partial charge on any atom is -0.466 e. The lowest BCUT2D eigenvalue weighted by molar-refractivity contribution is -0.143. The molecule has 16 heteroatoms. The maximum absolute atomic E-state index is 15.0. The van der Waals surface area contributed by atoms with Crippen molar-refractivity contribution >= 4 is 28.6 Å². The predicted octanol–water partition coefficient (Wildman–Crippen LogP) is 4.96. The minimum absolute atomic E-state index is 0.0271. The van der Waals surface area contributed by atoms with Crippen LogP contribution in [0.4, 0.5) is 29.1 Å². The number of aromatic nitrogens is 6. The summed E-state index contributed by atoms with van der Waals surface area (Å²) in [6, 6.07) is 2.28. The predicted molar refractivity (Wildman–Crippen MR) is 174 cm³/mol. The Morgan fingerprint density at radius 1 is 1.04 bits per heavy atom. The van der Waals surface area contributed by atoms with Gasteiger partial charge in [-0.15, -0.1) is 0 Å². The van der Waals surface area contributed by atoms with Gasteiger partial charge < -0.3 is 24.3 Å². The first-order valence-corrected chi connectivity index (χ1v) is 16.3. The largest absolute Gasteiger partial charge is 0.466 e. The molecular formula is C33H39F4N9O3. The number of esters is 1. The van der Waals surface area contributed by atoms with E-state index in [1.54, 1.807) is 32.5 Å². The van der Waals surface area contributed by atoms with Crippen LogP contribution in [0.5, 0.6) is 0 Å². The summed E-state index contributed by atoms with van der Waals surface area (Å²) in [6.07, 6.45) is 2.39. The number of hydrogen-bond acceptors (Lipinski definition) is 11. The number of carbonyl (C=O) groups excluding carboxylic acids is 1. The number of hydrogen-bond donors (Lipinski definition) is 1. The summed E-state index contributed by atoms with van der Waals surface area (Å²) in [5.41, 5.74) is 0.167. The fraction of sp³-hybridized carbons (Fsp3) is 0.515. The molecule has 1 aliphatic carbocycles. The molecule has 1 saturated heterocycles. The number of methoxy groups -OCH3 is 1. The van der Waals surface area contributed by atoms with Gasteiger partial charge in [-0.2, -0.15) is 17.6 Å². The molecule has 0 amide bonds. The standard InChI is InChI=1S/C33H39F4N9O3/c1-4-49-27(47)6-9-45-10-12-46(13-11-45)26-18-38-24(17-39-26)30-42-28-25(44(2)19-32(20-48-3)7-5-8-32)15-23(41-31(28)43-30)22-14-21(33(35,36)37)16-40-29(22)34/h14-18H,4-13,19-20H2,1-3H3,(H,41,42,43). The van der Waals surface area contributed by atoms with Gasteiger partial charge in [0.05, 0.1) is 54.5 Å². The number of ether oxygens (including phenoxy) is 2. The summed E-state index contributed by atoms with van der Waals surface area (Å²) in [6.45, 7) is 6.93. The minimum atomic E-state index is -4.71. The molecule has 0 unspecified atom stereocenters. The van der Waals surface area contributed by atoms with Gasteiger partial charge >= 0.3 is 12.1 Å². The third-order valence-corrected chi connectivity index (χ3v) is 9.25. The normalized spacial score (nSPS) is 16.5. The summed E-state index contributed by atoms with van der Waals surface area (Å²) in [5, 5.41) is 0. The van der Waals surface area contributed by atoms with Gasteiger partial charge in [0, 0.05) is 65.0 Å². The Morgan fingerprint density at radius 3 is 2.45 bits per heavy atom. The number of imidazole rings is 1. The zero-order valence-electron chi connectivity index (χ0n) is 27.7. The summed E-state index contributed by atoms with van der Waals surface area (Å²) < 4.78 is 66.2. The van der Waals surface area contributed by atoms with Gasteiger partial charge in [0.1, 0.15) is 17.0 Å². The van der Waals surface area contributed by atoms with Gasteiger partial charge in [-0.25, -0.2) is 24.9 Å². The number of carbonyl (C=O) groups is 1. The molecule has 5 heterocycles. The average molecular weight is 686 g/mol. The lowest BCUT2D eigenvalue weighted by atomic mass is 9.69. The van der Waals surface area contributed by atoms with Crippen LogP contribution in [0.25, 0.3) is 33.9 Å². The van der Waals surface area contributed by atoms with E-state index in [0.29, 0.717) is 67.5 Å². The second kappa shape index (κ2) is 14.2. The Bertz CT molecular complexity index is 1770. The van der Waals surface area contributed by atoms with Gasteiger partial charge in [0.15, 0.2) is 11.5 Å². The third-order valence-electron chi connectivity index (χ3n) is 9.25. The van der Waals surface area contributed by atoms with Gasteiger partial charge in [0.2, 0.25) is 5.95 Å². The van der Waals surface area contributed by atoms with Gasteiger partial charge in [-0.1, -0.05) is 6.42 Å². The van der Waals surface area contributed by atoms with Crippen LogP contribution in [-0.2, 0) is 20.4 Å². The molecule has 1 saturated carbocycles. The number of nitrogens with zero attached hydrogens (tertiary/aromatic N) is 8. The summed E-state index contributed by atoms with van der Waals surface area (Å²) in [7, 11) is 3.54. The lowest BCUT2D eigenvalue weighted by Crippen LogP contribution is -2.47. The maximum atomic E-state index is 15.0. The highest BCUT2D eigenvalue weighted by Gasteiger charge is 2.39. The van der Waals surface area contributed by atoms with Crippen molar-refractivity contribution in [3.05, 3.63) is 42.2 Å². The maximum Gasteiger partial charge on any atom is 0.417 e. The molecule has 1 N–H and O–H groups in total. The van der Waals surface area contributed by atoms with Crippen LogP contribution < -0.4 is 9.80 Å². The Kier molecular flexibility index (Phi) is 9.97. The third kappa shape index (κ3) is 7.59. The topological polar surface area (TPSA) is 125 Å². The molecule has 49 heavy (non-hydrogen) atoms. The number of halogens is 4. The molecular weight excluding hydrogens is 646 g/mol. The van der Waals surface area contributed by atoms with E-state index >= 15 is 0 Å². The van der Waals surface area contributed by atoms with E-state index in [1.807, 2.05) is 11.9 Å². The first-order chi connectivity index (χ1) is 23.5. The Morgan fingerprint density at radius 2 is 1.82 bits per heavy atom. The summed E-state index contributed by atoms with van der Waals surface area (Å²) in [5.74, 6) is -0.215. The number of fused-ring (bicyclic) bond motifs is 1. The number of alkyl halides is 3. The van der Waals surface area contributed by atoms with Crippen molar-refractivity contribution in [3.63, 3.8) is 0 Å². The fourth-order valence-electron chi connectivity index (χ4n) is 6.52. The molecule has 12 nitrogen and oxygen atoms in total. The Hall–Kier alpha value is -4.44. The van der Waals surface area contributed by atoms with E-state index in [2.05, 4.69) is 39.7 Å². The van der Waals surface area contributed by atoms with E-state index in [-0.39, 0.29) is 28.3 Å². The zero-order chi connectivity index (χ0) is 34.8. The Labute approximate surface area is 280 Å². The lowest BCUT2D eigenvalue weighted by Gasteiger charge is -2.44. The molecule has 6 rings (SSSR count). The average Bonchev–Trinajstić information content (AvgIpc) is 3.50. The summed E-state index contributed by atoms with van der Waals surface area (Å²) >= 11 is 0. The van der Waals surface area contributed by atoms with Crippen molar-refractivity contribution in [1.82, 2.24) is 34.8 Å². The molecule has 0 radical (unpaired) electrons. The number of H-pyrrole nitrogens is 1. The van der Waals surface area contributed by atoms with Crippen molar-refractivity contribution in [1.29, 1.82) is 0 Å². The van der Waals surface area contributed by atoms with Gasteiger partial charge in [0.25, 0.3) is 0 Å². The monoisotopic (exact) mass is 685 g/mol.